The zero-order valence-electron chi connectivity index (χ0n) is 15.8. The molecule has 0 aliphatic carbocycles. The molecule has 0 saturated carbocycles. The van der Waals surface area contributed by atoms with E-state index in [-0.39, 0.29) is 40.0 Å². The van der Waals surface area contributed by atoms with Crippen LogP contribution in [0, 0.1) is 24.3 Å². The number of carbonyl (C=O) groups is 2. The van der Waals surface area contributed by atoms with Crippen molar-refractivity contribution in [2.45, 2.75) is 6.92 Å². The molecule has 0 fully saturated rings. The predicted octanol–water partition coefficient (Wildman–Crippen LogP) is 5.22. The van der Waals surface area contributed by atoms with Crippen LogP contribution in [0.15, 0.2) is 54.6 Å². The van der Waals surface area contributed by atoms with Crippen LogP contribution >= 0.6 is 23.2 Å². The van der Waals surface area contributed by atoms with E-state index in [0.29, 0.717) is 10.7 Å². The van der Waals surface area contributed by atoms with Crippen molar-refractivity contribution < 1.29 is 14.3 Å². The van der Waals surface area contributed by atoms with Crippen molar-refractivity contribution in [3.8, 4) is 11.8 Å². The zero-order chi connectivity index (χ0) is 21.7. The second-order valence-corrected chi connectivity index (χ2v) is 7.26. The Kier molecular flexibility index (Phi) is 6.73. The van der Waals surface area contributed by atoms with Gasteiger partial charge in [0, 0.05) is 21.3 Å². The lowest BCUT2D eigenvalue weighted by molar-refractivity contribution is -0.118. The molecule has 7 heteroatoms. The van der Waals surface area contributed by atoms with Gasteiger partial charge >= 0.3 is 0 Å². The first kappa shape index (κ1) is 21.4. The highest BCUT2D eigenvalue weighted by atomic mass is 35.5. The topological polar surface area (TPSA) is 79.2 Å². The quantitative estimate of drug-likeness (QED) is 0.535. The Morgan fingerprint density at radius 3 is 2.67 bits per heavy atom. The molecule has 5 nitrogen and oxygen atoms in total. The van der Waals surface area contributed by atoms with Crippen LogP contribution in [0.3, 0.4) is 0 Å². The first-order valence-electron chi connectivity index (χ1n) is 8.81. The molecule has 0 aliphatic heterocycles. The minimum absolute atomic E-state index is 0.159. The van der Waals surface area contributed by atoms with E-state index in [0.717, 1.165) is 5.56 Å². The summed E-state index contributed by atoms with van der Waals surface area (Å²) in [5.74, 6) is -0.621. The Hall–Kier alpha value is -3.33. The van der Waals surface area contributed by atoms with Gasteiger partial charge in [-0.15, -0.1) is 0 Å². The van der Waals surface area contributed by atoms with E-state index in [1.807, 2.05) is 13.0 Å². The molecule has 0 atom stereocenters. The maximum atomic E-state index is 13.0. The lowest BCUT2D eigenvalue weighted by Crippen LogP contribution is -2.21. The number of hydrogen-bond acceptors (Lipinski definition) is 4. The molecule has 3 aromatic carbocycles. The van der Waals surface area contributed by atoms with E-state index >= 15 is 0 Å². The van der Waals surface area contributed by atoms with Gasteiger partial charge in [-0.25, -0.2) is 0 Å². The fourth-order valence-electron chi connectivity index (χ4n) is 2.73. The minimum Gasteiger partial charge on any atom is -0.483 e. The van der Waals surface area contributed by atoms with Gasteiger partial charge in [0.15, 0.2) is 12.4 Å². The van der Waals surface area contributed by atoms with Gasteiger partial charge in [0.25, 0.3) is 5.91 Å². The van der Waals surface area contributed by atoms with Gasteiger partial charge in [0.2, 0.25) is 0 Å². The first-order chi connectivity index (χ1) is 14.4. The lowest BCUT2D eigenvalue weighted by atomic mass is 10.0. The number of anilines is 1. The zero-order valence-corrected chi connectivity index (χ0v) is 17.3. The van der Waals surface area contributed by atoms with E-state index in [4.69, 9.17) is 33.2 Å². The van der Waals surface area contributed by atoms with E-state index in [9.17, 15) is 9.59 Å². The number of ketones is 1. The van der Waals surface area contributed by atoms with Crippen molar-refractivity contribution in [2.75, 3.05) is 11.9 Å². The SMILES string of the molecule is Cc1c[c]ccc1NC(=O)COc1ccc(Cl)cc1C(=O)c1cc(Cl)cc(C#N)c1. The van der Waals surface area contributed by atoms with Gasteiger partial charge in [0.1, 0.15) is 5.75 Å². The van der Waals surface area contributed by atoms with Gasteiger partial charge < -0.3 is 10.1 Å². The Morgan fingerprint density at radius 1 is 1.13 bits per heavy atom. The van der Waals surface area contributed by atoms with Crippen molar-refractivity contribution in [3.05, 3.63) is 93.0 Å². The Balaban J connectivity index is 1.81. The molecule has 0 spiro atoms. The summed E-state index contributed by atoms with van der Waals surface area (Å²) in [6, 6.07) is 18.9. The molecule has 30 heavy (non-hydrogen) atoms. The summed E-state index contributed by atoms with van der Waals surface area (Å²) in [5.41, 5.74) is 2.14. The van der Waals surface area contributed by atoms with Crippen LogP contribution in [0.2, 0.25) is 10.0 Å². The summed E-state index contributed by atoms with van der Waals surface area (Å²) in [5, 5.41) is 12.4. The van der Waals surface area contributed by atoms with Crippen LogP contribution in [-0.4, -0.2) is 18.3 Å². The smallest absolute Gasteiger partial charge is 0.262 e. The van der Waals surface area contributed by atoms with Crippen molar-refractivity contribution in [1.29, 1.82) is 5.26 Å². The highest BCUT2D eigenvalue weighted by Gasteiger charge is 2.18. The molecule has 0 bridgehead atoms. The first-order valence-corrected chi connectivity index (χ1v) is 9.57. The number of ether oxygens (including phenoxy) is 1. The number of benzene rings is 3. The average molecular weight is 438 g/mol. The fraction of sp³-hybridized carbons (Fsp3) is 0.0870. The van der Waals surface area contributed by atoms with Gasteiger partial charge in [-0.05, 0) is 67.1 Å². The summed E-state index contributed by atoms with van der Waals surface area (Å²) in [7, 11) is 0. The third-order valence-corrected chi connectivity index (χ3v) is 4.63. The largest absolute Gasteiger partial charge is 0.483 e. The highest BCUT2D eigenvalue weighted by Crippen LogP contribution is 2.27. The Morgan fingerprint density at radius 2 is 1.93 bits per heavy atom. The molecule has 3 rings (SSSR count). The highest BCUT2D eigenvalue weighted by molar-refractivity contribution is 6.32. The maximum absolute atomic E-state index is 13.0. The molecule has 3 aromatic rings. The number of hydrogen-bond donors (Lipinski definition) is 1. The number of amides is 1. The molecule has 0 saturated heterocycles. The molecule has 149 valence electrons. The summed E-state index contributed by atoms with van der Waals surface area (Å²) < 4.78 is 5.60. The third-order valence-electron chi connectivity index (χ3n) is 4.18. The van der Waals surface area contributed by atoms with Gasteiger partial charge in [-0.2, -0.15) is 5.26 Å². The van der Waals surface area contributed by atoms with E-state index < -0.39 is 5.78 Å². The maximum Gasteiger partial charge on any atom is 0.262 e. The Bertz CT molecular complexity index is 1170. The number of aryl methyl sites for hydroxylation is 1. The van der Waals surface area contributed by atoms with Crippen LogP contribution in [0.25, 0.3) is 0 Å². The average Bonchev–Trinajstić information content (AvgIpc) is 2.73. The fourth-order valence-corrected chi connectivity index (χ4v) is 3.14. The second-order valence-electron chi connectivity index (χ2n) is 6.39. The van der Waals surface area contributed by atoms with Crippen LogP contribution in [-0.2, 0) is 4.79 Å². The van der Waals surface area contributed by atoms with Crippen LogP contribution < -0.4 is 10.1 Å². The standard InChI is InChI=1S/C23H15Cl2N2O3/c1-14-4-2-3-5-20(14)27-22(28)13-30-21-7-6-17(24)11-19(21)23(29)16-8-15(12-26)9-18(25)10-16/h3-11H,13H2,1H3,(H,27,28). The lowest BCUT2D eigenvalue weighted by Gasteiger charge is -2.13. The van der Waals surface area contributed by atoms with Gasteiger partial charge in [0.05, 0.1) is 17.2 Å². The summed E-state index contributed by atoms with van der Waals surface area (Å²) in [6.45, 7) is 1.54. The molecular formula is C23H15Cl2N2O3. The predicted molar refractivity (Wildman–Crippen MR) is 115 cm³/mol. The van der Waals surface area contributed by atoms with Crippen LogP contribution in [0.5, 0.6) is 5.75 Å². The number of nitrogens with zero attached hydrogens (tertiary/aromatic N) is 1. The van der Waals surface area contributed by atoms with Gasteiger partial charge in [-0.3, -0.25) is 9.59 Å². The summed E-state index contributed by atoms with van der Waals surface area (Å²) in [6.07, 6.45) is 0. The molecule has 1 radical (unpaired) electrons. The molecule has 0 aliphatic rings. The monoisotopic (exact) mass is 437 g/mol. The van der Waals surface area contributed by atoms with Crippen molar-refractivity contribution in [3.63, 3.8) is 0 Å². The number of carbonyl (C=O) groups excluding carboxylic acids is 2. The number of nitriles is 1. The normalized spacial score (nSPS) is 10.2. The molecule has 0 unspecified atom stereocenters. The van der Waals surface area contributed by atoms with Crippen molar-refractivity contribution >= 4 is 40.6 Å². The van der Waals surface area contributed by atoms with Crippen molar-refractivity contribution in [2.24, 2.45) is 0 Å². The number of halogens is 2. The van der Waals surface area contributed by atoms with Crippen molar-refractivity contribution in [1.82, 2.24) is 0 Å². The second kappa shape index (κ2) is 9.45. The van der Waals surface area contributed by atoms with Crippen LogP contribution in [0.4, 0.5) is 5.69 Å². The molecule has 0 heterocycles. The minimum atomic E-state index is -0.429. The van der Waals surface area contributed by atoms with Crippen LogP contribution in [0.1, 0.15) is 27.0 Å². The molecule has 1 amide bonds. The summed E-state index contributed by atoms with van der Waals surface area (Å²) in [4.78, 5) is 25.3. The summed E-state index contributed by atoms with van der Waals surface area (Å²) >= 11 is 12.1. The molecule has 1 N–H and O–H groups in total. The number of rotatable bonds is 6. The van der Waals surface area contributed by atoms with Gasteiger partial charge in [-0.1, -0.05) is 29.3 Å². The Labute approximate surface area is 183 Å². The van der Waals surface area contributed by atoms with E-state index in [2.05, 4.69) is 11.4 Å². The molecular weight excluding hydrogens is 423 g/mol. The molecule has 0 aromatic heterocycles. The number of nitrogens with one attached hydrogen (secondary N) is 1. The van der Waals surface area contributed by atoms with E-state index in [1.54, 1.807) is 24.3 Å². The third kappa shape index (κ3) is 5.18. The van der Waals surface area contributed by atoms with E-state index in [1.165, 1.54) is 30.3 Å².